The average Bonchev–Trinajstić information content (AvgIpc) is 2.88. The lowest BCUT2D eigenvalue weighted by molar-refractivity contribution is 0.0600. The first-order valence-corrected chi connectivity index (χ1v) is 6.81. The van der Waals surface area contributed by atoms with Gasteiger partial charge in [-0.1, -0.05) is 13.8 Å². The second kappa shape index (κ2) is 6.38. The van der Waals surface area contributed by atoms with Gasteiger partial charge in [0.1, 0.15) is 5.82 Å². The molecule has 2 aromatic heterocycles. The number of esters is 1. The van der Waals surface area contributed by atoms with Crippen molar-refractivity contribution in [2.45, 2.75) is 19.8 Å². The Bertz CT molecular complexity index is 707. The topological polar surface area (TPSA) is 86.1 Å². The van der Waals surface area contributed by atoms with Gasteiger partial charge >= 0.3 is 5.97 Å². The van der Waals surface area contributed by atoms with Crippen LogP contribution in [0.5, 0.6) is 0 Å². The molecule has 2 aromatic rings. The standard InChI is InChI=1S/C15H18N4O3/c1-9(2)12-6-13(19(3)18-12)17-14(20)10-5-11(8-16-7-10)15(21)22-4/h5-9H,1-4H3,(H,17,20). The van der Waals surface area contributed by atoms with Gasteiger partial charge in [0.05, 0.1) is 23.9 Å². The van der Waals surface area contributed by atoms with Crippen molar-refractivity contribution in [3.05, 3.63) is 41.3 Å². The molecule has 0 radical (unpaired) electrons. The van der Waals surface area contributed by atoms with Gasteiger partial charge in [0.2, 0.25) is 0 Å². The minimum Gasteiger partial charge on any atom is -0.465 e. The number of nitrogens with zero attached hydrogens (tertiary/aromatic N) is 3. The zero-order valence-corrected chi connectivity index (χ0v) is 13.0. The Morgan fingerprint density at radius 2 is 1.91 bits per heavy atom. The zero-order chi connectivity index (χ0) is 16.3. The molecular weight excluding hydrogens is 284 g/mol. The molecule has 0 fully saturated rings. The minimum atomic E-state index is -0.537. The van der Waals surface area contributed by atoms with E-state index in [1.54, 1.807) is 11.7 Å². The second-order valence-corrected chi connectivity index (χ2v) is 5.14. The maximum absolute atomic E-state index is 12.3. The van der Waals surface area contributed by atoms with Gasteiger partial charge in [0.15, 0.2) is 0 Å². The van der Waals surface area contributed by atoms with E-state index in [1.807, 2.05) is 19.9 Å². The highest BCUT2D eigenvalue weighted by atomic mass is 16.5. The maximum atomic E-state index is 12.3. The number of aromatic nitrogens is 3. The Labute approximate surface area is 128 Å². The smallest absolute Gasteiger partial charge is 0.339 e. The second-order valence-electron chi connectivity index (χ2n) is 5.14. The van der Waals surface area contributed by atoms with Crippen molar-refractivity contribution in [3.63, 3.8) is 0 Å². The molecule has 7 heteroatoms. The molecule has 0 bridgehead atoms. The fourth-order valence-corrected chi connectivity index (χ4v) is 1.87. The van der Waals surface area contributed by atoms with Crippen LogP contribution >= 0.6 is 0 Å². The van der Waals surface area contributed by atoms with Crippen molar-refractivity contribution in [2.24, 2.45) is 7.05 Å². The predicted octanol–water partition coefficient (Wildman–Crippen LogP) is 1.98. The van der Waals surface area contributed by atoms with E-state index in [4.69, 9.17) is 0 Å². The van der Waals surface area contributed by atoms with Gasteiger partial charge in [-0.2, -0.15) is 5.10 Å². The highest BCUT2D eigenvalue weighted by Crippen LogP contribution is 2.18. The first-order valence-electron chi connectivity index (χ1n) is 6.81. The summed E-state index contributed by atoms with van der Waals surface area (Å²) in [5.41, 5.74) is 1.39. The SMILES string of the molecule is COC(=O)c1cncc(C(=O)Nc2cc(C(C)C)nn2C)c1. The van der Waals surface area contributed by atoms with E-state index in [2.05, 4.69) is 20.1 Å². The third kappa shape index (κ3) is 3.30. The molecule has 0 atom stereocenters. The number of hydrogen-bond acceptors (Lipinski definition) is 5. The molecule has 1 N–H and O–H groups in total. The van der Waals surface area contributed by atoms with Crippen LogP contribution in [0, 0.1) is 0 Å². The van der Waals surface area contributed by atoms with Crippen LogP contribution in [-0.4, -0.2) is 33.8 Å². The Morgan fingerprint density at radius 1 is 1.23 bits per heavy atom. The molecule has 7 nitrogen and oxygen atoms in total. The quantitative estimate of drug-likeness (QED) is 0.873. The predicted molar refractivity (Wildman–Crippen MR) is 80.8 cm³/mol. The number of carbonyl (C=O) groups excluding carboxylic acids is 2. The molecule has 0 aliphatic carbocycles. The van der Waals surface area contributed by atoms with Crippen LogP contribution in [0.1, 0.15) is 46.2 Å². The van der Waals surface area contributed by atoms with Gasteiger partial charge in [0, 0.05) is 25.5 Å². The third-order valence-electron chi connectivity index (χ3n) is 3.15. The van der Waals surface area contributed by atoms with Crippen LogP contribution < -0.4 is 5.32 Å². The van der Waals surface area contributed by atoms with Gasteiger partial charge in [-0.05, 0) is 12.0 Å². The number of aryl methyl sites for hydroxylation is 1. The van der Waals surface area contributed by atoms with Crippen LogP contribution in [0.15, 0.2) is 24.5 Å². The van der Waals surface area contributed by atoms with E-state index in [9.17, 15) is 9.59 Å². The molecule has 1 amide bonds. The van der Waals surface area contributed by atoms with E-state index in [1.165, 1.54) is 25.6 Å². The molecule has 0 aliphatic rings. The summed E-state index contributed by atoms with van der Waals surface area (Å²) in [7, 11) is 3.03. The zero-order valence-electron chi connectivity index (χ0n) is 13.0. The number of anilines is 1. The molecule has 0 saturated heterocycles. The van der Waals surface area contributed by atoms with Crippen molar-refractivity contribution in [1.29, 1.82) is 0 Å². The van der Waals surface area contributed by atoms with Crippen molar-refractivity contribution in [1.82, 2.24) is 14.8 Å². The van der Waals surface area contributed by atoms with Crippen LogP contribution in [0.4, 0.5) is 5.82 Å². The first-order chi connectivity index (χ1) is 10.4. The Morgan fingerprint density at radius 3 is 2.50 bits per heavy atom. The van der Waals surface area contributed by atoms with Crippen molar-refractivity contribution < 1.29 is 14.3 Å². The molecule has 2 heterocycles. The number of hydrogen-bond donors (Lipinski definition) is 1. The van der Waals surface area contributed by atoms with Gasteiger partial charge < -0.3 is 10.1 Å². The summed E-state index contributed by atoms with van der Waals surface area (Å²) in [6.45, 7) is 4.05. The number of nitrogens with one attached hydrogen (secondary N) is 1. The summed E-state index contributed by atoms with van der Waals surface area (Å²) in [5.74, 6) is -0.0559. The monoisotopic (exact) mass is 302 g/mol. The maximum Gasteiger partial charge on any atom is 0.339 e. The summed E-state index contributed by atoms with van der Waals surface area (Å²) < 4.78 is 6.22. The normalized spacial score (nSPS) is 10.6. The summed E-state index contributed by atoms with van der Waals surface area (Å²) in [5, 5.41) is 7.08. The van der Waals surface area contributed by atoms with Gasteiger partial charge in [-0.25, -0.2) is 4.79 Å². The van der Waals surface area contributed by atoms with Crippen molar-refractivity contribution in [2.75, 3.05) is 12.4 Å². The Balaban J connectivity index is 2.21. The molecule has 2 rings (SSSR count). The average molecular weight is 302 g/mol. The lowest BCUT2D eigenvalue weighted by Gasteiger charge is -2.06. The number of ether oxygens (including phenoxy) is 1. The highest BCUT2D eigenvalue weighted by molar-refractivity contribution is 6.05. The molecule has 0 spiro atoms. The van der Waals surface area contributed by atoms with E-state index in [0.717, 1.165) is 5.69 Å². The number of pyridine rings is 1. The molecule has 0 aromatic carbocycles. The molecule has 0 aliphatic heterocycles. The lowest BCUT2D eigenvalue weighted by Crippen LogP contribution is -2.15. The van der Waals surface area contributed by atoms with E-state index in [-0.39, 0.29) is 23.0 Å². The lowest BCUT2D eigenvalue weighted by atomic mass is 10.1. The Hall–Kier alpha value is -2.70. The summed E-state index contributed by atoms with van der Waals surface area (Å²) in [4.78, 5) is 27.6. The number of carbonyl (C=O) groups is 2. The first kappa shape index (κ1) is 15.7. The van der Waals surface area contributed by atoms with Gasteiger partial charge in [-0.3, -0.25) is 14.5 Å². The number of rotatable bonds is 4. The molecule has 22 heavy (non-hydrogen) atoms. The molecule has 0 unspecified atom stereocenters. The minimum absolute atomic E-state index is 0.225. The number of methoxy groups -OCH3 is 1. The highest BCUT2D eigenvalue weighted by Gasteiger charge is 2.14. The molecule has 116 valence electrons. The van der Waals surface area contributed by atoms with E-state index < -0.39 is 5.97 Å². The molecule has 0 saturated carbocycles. The van der Waals surface area contributed by atoms with Crippen LogP contribution in [0.3, 0.4) is 0 Å². The van der Waals surface area contributed by atoms with Crippen LogP contribution in [0.25, 0.3) is 0 Å². The fraction of sp³-hybridized carbons (Fsp3) is 0.333. The van der Waals surface area contributed by atoms with Crippen molar-refractivity contribution >= 4 is 17.7 Å². The molecular formula is C15H18N4O3. The third-order valence-corrected chi connectivity index (χ3v) is 3.15. The van der Waals surface area contributed by atoms with Crippen LogP contribution in [-0.2, 0) is 11.8 Å². The Kier molecular flexibility index (Phi) is 4.55. The van der Waals surface area contributed by atoms with Gasteiger partial charge in [-0.15, -0.1) is 0 Å². The summed E-state index contributed by atoms with van der Waals surface area (Å²) in [6, 6.07) is 3.26. The van der Waals surface area contributed by atoms with E-state index in [0.29, 0.717) is 5.82 Å². The number of amides is 1. The fourth-order valence-electron chi connectivity index (χ4n) is 1.87. The van der Waals surface area contributed by atoms with Gasteiger partial charge in [0.25, 0.3) is 5.91 Å². The summed E-state index contributed by atoms with van der Waals surface area (Å²) in [6.07, 6.45) is 2.74. The van der Waals surface area contributed by atoms with Crippen molar-refractivity contribution in [3.8, 4) is 0 Å². The largest absolute Gasteiger partial charge is 0.465 e. The van der Waals surface area contributed by atoms with Crippen LogP contribution in [0.2, 0.25) is 0 Å². The van der Waals surface area contributed by atoms with E-state index >= 15 is 0 Å². The summed E-state index contributed by atoms with van der Waals surface area (Å²) >= 11 is 0.